The van der Waals surface area contributed by atoms with Crippen LogP contribution in [0.4, 0.5) is 4.39 Å². The highest BCUT2D eigenvalue weighted by molar-refractivity contribution is 5.94. The molecule has 0 heterocycles. The Morgan fingerprint density at radius 2 is 2.00 bits per heavy atom. The summed E-state index contributed by atoms with van der Waals surface area (Å²) in [5, 5.41) is 2.77. The number of amides is 1. The van der Waals surface area contributed by atoms with E-state index in [2.05, 4.69) is 5.32 Å². The van der Waals surface area contributed by atoms with Crippen molar-refractivity contribution in [2.24, 2.45) is 5.73 Å². The molecule has 0 atom stereocenters. The second kappa shape index (κ2) is 7.04. The van der Waals surface area contributed by atoms with Crippen molar-refractivity contribution in [3.05, 3.63) is 35.1 Å². The molecule has 3 nitrogen and oxygen atoms in total. The van der Waals surface area contributed by atoms with Crippen molar-refractivity contribution in [3.63, 3.8) is 0 Å². The molecular formula is C15H22ClFN2O. The molecule has 112 valence electrons. The highest BCUT2D eigenvalue weighted by atomic mass is 35.5. The zero-order valence-electron chi connectivity index (χ0n) is 11.7. The van der Waals surface area contributed by atoms with Crippen LogP contribution >= 0.6 is 12.4 Å². The number of hydrogen-bond acceptors (Lipinski definition) is 2. The number of aryl methyl sites for hydroxylation is 1. The van der Waals surface area contributed by atoms with Crippen molar-refractivity contribution in [3.8, 4) is 0 Å². The summed E-state index contributed by atoms with van der Waals surface area (Å²) >= 11 is 0. The predicted octanol–water partition coefficient (Wildman–Crippen LogP) is 2.95. The van der Waals surface area contributed by atoms with E-state index in [0.717, 1.165) is 25.7 Å². The SMILES string of the molecule is Cc1cccc(C(=O)NCC2(N)CCCCC2)c1F.Cl. The summed E-state index contributed by atoms with van der Waals surface area (Å²) in [5.41, 5.74) is 6.50. The maximum Gasteiger partial charge on any atom is 0.254 e. The summed E-state index contributed by atoms with van der Waals surface area (Å²) in [7, 11) is 0. The number of benzene rings is 1. The standard InChI is InChI=1S/C15H21FN2O.ClH/c1-11-6-5-7-12(13(11)16)14(19)18-10-15(17)8-3-2-4-9-15;/h5-7H,2-4,8-10,17H2,1H3,(H,18,19);1H. The minimum Gasteiger partial charge on any atom is -0.350 e. The maximum atomic E-state index is 13.8. The molecule has 1 aliphatic rings. The van der Waals surface area contributed by atoms with Crippen LogP contribution < -0.4 is 11.1 Å². The number of rotatable bonds is 3. The molecule has 1 aliphatic carbocycles. The first-order chi connectivity index (χ1) is 9.02. The van der Waals surface area contributed by atoms with Gasteiger partial charge in [-0.15, -0.1) is 12.4 Å². The number of nitrogens with two attached hydrogens (primary N) is 1. The minimum atomic E-state index is -0.449. The Labute approximate surface area is 125 Å². The first-order valence-electron chi connectivity index (χ1n) is 6.84. The van der Waals surface area contributed by atoms with Gasteiger partial charge in [-0.3, -0.25) is 4.79 Å². The Balaban J connectivity index is 0.00000200. The topological polar surface area (TPSA) is 55.1 Å². The number of carbonyl (C=O) groups excluding carboxylic acids is 1. The van der Waals surface area contributed by atoms with E-state index in [9.17, 15) is 9.18 Å². The van der Waals surface area contributed by atoms with Gasteiger partial charge >= 0.3 is 0 Å². The first kappa shape index (κ1) is 16.9. The zero-order valence-corrected chi connectivity index (χ0v) is 12.6. The van der Waals surface area contributed by atoms with Crippen molar-refractivity contribution < 1.29 is 9.18 Å². The highest BCUT2D eigenvalue weighted by Crippen LogP contribution is 2.25. The molecule has 2 rings (SSSR count). The van der Waals surface area contributed by atoms with E-state index in [1.165, 1.54) is 12.5 Å². The van der Waals surface area contributed by atoms with Gasteiger partial charge in [0.05, 0.1) is 5.56 Å². The number of nitrogens with one attached hydrogen (secondary N) is 1. The molecule has 1 aromatic rings. The summed E-state index contributed by atoms with van der Waals surface area (Å²) in [6.45, 7) is 2.07. The van der Waals surface area contributed by atoms with Gasteiger partial charge in [-0.2, -0.15) is 0 Å². The van der Waals surface area contributed by atoms with Crippen LogP contribution in [0.15, 0.2) is 18.2 Å². The normalized spacial score (nSPS) is 17.1. The van der Waals surface area contributed by atoms with Crippen LogP contribution in [-0.2, 0) is 0 Å². The predicted molar refractivity (Wildman–Crippen MR) is 80.7 cm³/mol. The third kappa shape index (κ3) is 3.93. The summed E-state index contributed by atoms with van der Waals surface area (Å²) in [6, 6.07) is 4.84. The third-order valence-corrected chi connectivity index (χ3v) is 3.89. The van der Waals surface area contributed by atoms with Gasteiger partial charge in [0.15, 0.2) is 0 Å². The number of carbonyl (C=O) groups is 1. The molecule has 1 fully saturated rings. The highest BCUT2D eigenvalue weighted by Gasteiger charge is 2.28. The molecule has 0 spiro atoms. The summed E-state index contributed by atoms with van der Waals surface area (Å²) in [5.74, 6) is -0.827. The van der Waals surface area contributed by atoms with Crippen molar-refractivity contribution >= 4 is 18.3 Å². The maximum absolute atomic E-state index is 13.8. The van der Waals surface area contributed by atoms with Crippen LogP contribution in [0.25, 0.3) is 0 Å². The van der Waals surface area contributed by atoms with E-state index in [4.69, 9.17) is 5.73 Å². The molecule has 0 bridgehead atoms. The molecule has 20 heavy (non-hydrogen) atoms. The van der Waals surface area contributed by atoms with Gasteiger partial charge in [0.25, 0.3) is 5.91 Å². The Hall–Kier alpha value is -1.13. The van der Waals surface area contributed by atoms with Crippen molar-refractivity contribution in [2.75, 3.05) is 6.54 Å². The lowest BCUT2D eigenvalue weighted by atomic mass is 9.82. The molecule has 0 radical (unpaired) electrons. The second-order valence-electron chi connectivity index (χ2n) is 5.54. The number of hydrogen-bond donors (Lipinski definition) is 2. The zero-order chi connectivity index (χ0) is 13.9. The monoisotopic (exact) mass is 300 g/mol. The quantitative estimate of drug-likeness (QED) is 0.902. The van der Waals surface area contributed by atoms with Crippen molar-refractivity contribution in [2.45, 2.75) is 44.6 Å². The van der Waals surface area contributed by atoms with E-state index < -0.39 is 5.82 Å². The Kier molecular flexibility index (Phi) is 5.96. The van der Waals surface area contributed by atoms with E-state index in [1.807, 2.05) is 0 Å². The third-order valence-electron chi connectivity index (χ3n) is 3.89. The fourth-order valence-corrected chi connectivity index (χ4v) is 2.61. The van der Waals surface area contributed by atoms with Gasteiger partial charge in [-0.25, -0.2) is 4.39 Å². The van der Waals surface area contributed by atoms with Gasteiger partial charge in [-0.05, 0) is 31.4 Å². The number of halogens is 2. The molecule has 0 saturated heterocycles. The van der Waals surface area contributed by atoms with E-state index in [1.54, 1.807) is 19.1 Å². The molecule has 0 aromatic heterocycles. The van der Waals surface area contributed by atoms with Crippen LogP contribution in [-0.4, -0.2) is 18.0 Å². The smallest absolute Gasteiger partial charge is 0.254 e. The van der Waals surface area contributed by atoms with Crippen molar-refractivity contribution in [1.29, 1.82) is 0 Å². The van der Waals surface area contributed by atoms with Crippen LogP contribution in [0, 0.1) is 12.7 Å². The van der Waals surface area contributed by atoms with E-state index >= 15 is 0 Å². The van der Waals surface area contributed by atoms with Crippen LogP contribution in [0.2, 0.25) is 0 Å². The van der Waals surface area contributed by atoms with Crippen LogP contribution in [0.3, 0.4) is 0 Å². The second-order valence-corrected chi connectivity index (χ2v) is 5.54. The van der Waals surface area contributed by atoms with Crippen molar-refractivity contribution in [1.82, 2.24) is 5.32 Å². The molecule has 1 saturated carbocycles. The average molecular weight is 301 g/mol. The van der Waals surface area contributed by atoms with Gasteiger partial charge in [0, 0.05) is 12.1 Å². The van der Waals surface area contributed by atoms with E-state index in [0.29, 0.717) is 12.1 Å². The molecule has 0 aliphatic heterocycles. The molecule has 1 amide bonds. The summed E-state index contributed by atoms with van der Waals surface area (Å²) in [4.78, 5) is 12.0. The Morgan fingerprint density at radius 1 is 1.35 bits per heavy atom. The minimum absolute atomic E-state index is 0. The lowest BCUT2D eigenvalue weighted by Gasteiger charge is -2.33. The average Bonchev–Trinajstić information content (AvgIpc) is 2.40. The largest absolute Gasteiger partial charge is 0.350 e. The van der Waals surface area contributed by atoms with Crippen LogP contribution in [0.5, 0.6) is 0 Å². The van der Waals surface area contributed by atoms with Gasteiger partial charge in [0.1, 0.15) is 5.82 Å². The van der Waals surface area contributed by atoms with Gasteiger partial charge < -0.3 is 11.1 Å². The molecule has 3 N–H and O–H groups in total. The fraction of sp³-hybridized carbons (Fsp3) is 0.533. The van der Waals surface area contributed by atoms with E-state index in [-0.39, 0.29) is 29.4 Å². The lowest BCUT2D eigenvalue weighted by molar-refractivity contribution is 0.0933. The lowest BCUT2D eigenvalue weighted by Crippen LogP contribution is -2.51. The van der Waals surface area contributed by atoms with Crippen LogP contribution in [0.1, 0.15) is 48.0 Å². The van der Waals surface area contributed by atoms with Gasteiger partial charge in [-0.1, -0.05) is 31.4 Å². The van der Waals surface area contributed by atoms with Gasteiger partial charge in [0.2, 0.25) is 0 Å². The molecule has 1 aromatic carbocycles. The summed E-state index contributed by atoms with van der Waals surface area (Å²) < 4.78 is 13.8. The fourth-order valence-electron chi connectivity index (χ4n) is 2.61. The molecule has 5 heteroatoms. The first-order valence-corrected chi connectivity index (χ1v) is 6.84. The molecule has 0 unspecified atom stereocenters. The Morgan fingerprint density at radius 3 is 2.65 bits per heavy atom. The summed E-state index contributed by atoms with van der Waals surface area (Å²) in [6.07, 6.45) is 5.25. The molecular weight excluding hydrogens is 279 g/mol. The Bertz CT molecular complexity index is 473.